The van der Waals surface area contributed by atoms with Crippen molar-refractivity contribution in [1.82, 2.24) is 20.9 Å². The number of rotatable bonds is 16. The number of benzene rings is 2. The second kappa shape index (κ2) is 15.1. The first-order chi connectivity index (χ1) is 20.4. The Morgan fingerprint density at radius 3 is 1.98 bits per heavy atom. The molecule has 4 atom stereocenters. The van der Waals surface area contributed by atoms with E-state index in [4.69, 9.17) is 10.8 Å². The van der Waals surface area contributed by atoms with Crippen LogP contribution in [0.4, 0.5) is 0 Å². The van der Waals surface area contributed by atoms with Gasteiger partial charge < -0.3 is 42.0 Å². The van der Waals surface area contributed by atoms with Gasteiger partial charge in [0.15, 0.2) is 0 Å². The lowest BCUT2D eigenvalue weighted by molar-refractivity contribution is -0.143. The second-order valence-corrected chi connectivity index (χ2v) is 9.91. The van der Waals surface area contributed by atoms with E-state index >= 15 is 0 Å². The Morgan fingerprint density at radius 1 is 0.721 bits per heavy atom. The van der Waals surface area contributed by atoms with Crippen molar-refractivity contribution >= 4 is 46.5 Å². The number of carboxylic acids is 3. The summed E-state index contributed by atoms with van der Waals surface area (Å²) >= 11 is 0. The molecule has 2 aromatic carbocycles. The van der Waals surface area contributed by atoms with Crippen molar-refractivity contribution in [1.29, 1.82) is 0 Å². The molecule has 4 unspecified atom stereocenters. The zero-order valence-electron chi connectivity index (χ0n) is 23.0. The van der Waals surface area contributed by atoms with Crippen molar-refractivity contribution in [2.75, 3.05) is 0 Å². The molecule has 43 heavy (non-hydrogen) atoms. The number of aromatic amines is 1. The van der Waals surface area contributed by atoms with Gasteiger partial charge in [-0.15, -0.1) is 0 Å². The van der Waals surface area contributed by atoms with E-state index in [2.05, 4.69) is 20.9 Å². The fourth-order valence-electron chi connectivity index (χ4n) is 4.43. The first kappa shape index (κ1) is 32.3. The first-order valence-electron chi connectivity index (χ1n) is 13.4. The number of carboxylic acid groups (broad SMARTS) is 3. The number of nitrogens with two attached hydrogens (primary N) is 1. The van der Waals surface area contributed by atoms with Crippen LogP contribution in [0, 0.1) is 0 Å². The van der Waals surface area contributed by atoms with E-state index in [9.17, 15) is 39.0 Å². The summed E-state index contributed by atoms with van der Waals surface area (Å²) in [5.74, 6) is -7.02. The highest BCUT2D eigenvalue weighted by molar-refractivity contribution is 5.96. The standard InChI is InChI=1S/C29H33N5O9/c30-19(12-16-6-2-1-3-7-16)26(39)32-21(10-11-24(35)36)27(40)33-22(14-25(37)38)28(41)34-23(29(42)43)13-17-15-31-20-9-5-4-8-18(17)20/h1-9,15,19,21-23,31H,10-14,30H2,(H,32,39)(H,33,40)(H,34,41)(H,35,36)(H,37,38)(H,42,43). The molecule has 0 fully saturated rings. The highest BCUT2D eigenvalue weighted by Gasteiger charge is 2.32. The van der Waals surface area contributed by atoms with Crippen LogP contribution in [0.3, 0.4) is 0 Å². The largest absolute Gasteiger partial charge is 0.481 e. The van der Waals surface area contributed by atoms with Crippen LogP contribution in [0.5, 0.6) is 0 Å². The summed E-state index contributed by atoms with van der Waals surface area (Å²) in [5, 5.41) is 35.9. The highest BCUT2D eigenvalue weighted by Crippen LogP contribution is 2.19. The molecule has 3 rings (SSSR count). The number of carbonyl (C=O) groups excluding carboxylic acids is 3. The van der Waals surface area contributed by atoms with Crippen LogP contribution >= 0.6 is 0 Å². The topological polar surface area (TPSA) is 241 Å². The molecule has 3 aromatic rings. The number of hydrogen-bond donors (Lipinski definition) is 8. The number of H-pyrrole nitrogens is 1. The van der Waals surface area contributed by atoms with Gasteiger partial charge in [0.1, 0.15) is 18.1 Å². The molecule has 0 radical (unpaired) electrons. The van der Waals surface area contributed by atoms with E-state index < -0.39 is 72.6 Å². The van der Waals surface area contributed by atoms with E-state index in [1.807, 2.05) is 0 Å². The third-order valence-electron chi connectivity index (χ3n) is 6.64. The number of para-hydroxylation sites is 1. The minimum absolute atomic E-state index is 0.122. The lowest BCUT2D eigenvalue weighted by Gasteiger charge is -2.24. The molecule has 0 saturated heterocycles. The maximum Gasteiger partial charge on any atom is 0.326 e. The van der Waals surface area contributed by atoms with E-state index in [0.717, 1.165) is 16.5 Å². The molecule has 0 spiro atoms. The van der Waals surface area contributed by atoms with Gasteiger partial charge in [0.25, 0.3) is 0 Å². The van der Waals surface area contributed by atoms with E-state index in [1.54, 1.807) is 60.8 Å². The van der Waals surface area contributed by atoms with Crippen molar-refractivity contribution in [2.24, 2.45) is 5.73 Å². The SMILES string of the molecule is NC(Cc1ccccc1)C(=O)NC(CCC(=O)O)C(=O)NC(CC(=O)O)C(=O)NC(Cc1c[nH]c2ccccc12)C(=O)O. The maximum atomic E-state index is 13.1. The third-order valence-corrected chi connectivity index (χ3v) is 6.64. The number of nitrogens with one attached hydrogen (secondary N) is 4. The smallest absolute Gasteiger partial charge is 0.326 e. The number of carbonyl (C=O) groups is 6. The predicted octanol–water partition coefficient (Wildman–Crippen LogP) is 0.159. The number of fused-ring (bicyclic) bond motifs is 1. The molecule has 0 aliphatic heterocycles. The summed E-state index contributed by atoms with van der Waals surface area (Å²) in [4.78, 5) is 76.7. The lowest BCUT2D eigenvalue weighted by Crippen LogP contribution is -2.57. The number of hydrogen-bond acceptors (Lipinski definition) is 7. The van der Waals surface area contributed by atoms with Crippen LogP contribution in [0.15, 0.2) is 60.8 Å². The van der Waals surface area contributed by atoms with Crippen LogP contribution in [-0.2, 0) is 41.6 Å². The summed E-state index contributed by atoms with van der Waals surface area (Å²) in [6.07, 6.45) is -0.253. The van der Waals surface area contributed by atoms with Gasteiger partial charge in [-0.2, -0.15) is 0 Å². The molecule has 0 aliphatic carbocycles. The zero-order chi connectivity index (χ0) is 31.5. The summed E-state index contributed by atoms with van der Waals surface area (Å²) < 4.78 is 0. The Labute approximate surface area is 245 Å². The number of aromatic nitrogens is 1. The van der Waals surface area contributed by atoms with Crippen molar-refractivity contribution < 1.29 is 44.1 Å². The molecule has 14 heteroatoms. The second-order valence-electron chi connectivity index (χ2n) is 9.91. The van der Waals surface area contributed by atoms with Gasteiger partial charge in [-0.1, -0.05) is 48.5 Å². The minimum Gasteiger partial charge on any atom is -0.481 e. The molecule has 228 valence electrons. The molecule has 9 N–H and O–H groups in total. The van der Waals surface area contributed by atoms with Crippen molar-refractivity contribution in [2.45, 2.75) is 56.3 Å². The Morgan fingerprint density at radius 2 is 1.33 bits per heavy atom. The number of aliphatic carboxylic acids is 3. The van der Waals surface area contributed by atoms with E-state index in [-0.39, 0.29) is 19.3 Å². The molecular formula is C29H33N5O9. The normalized spacial score (nSPS) is 13.7. The Kier molecular flexibility index (Phi) is 11.3. The van der Waals surface area contributed by atoms with Gasteiger partial charge in [-0.25, -0.2) is 4.79 Å². The molecule has 1 aromatic heterocycles. The van der Waals surface area contributed by atoms with Crippen molar-refractivity contribution in [3.05, 3.63) is 71.9 Å². The van der Waals surface area contributed by atoms with Crippen molar-refractivity contribution in [3.63, 3.8) is 0 Å². The molecule has 0 saturated carbocycles. The monoisotopic (exact) mass is 595 g/mol. The first-order valence-corrected chi connectivity index (χ1v) is 13.4. The van der Waals surface area contributed by atoms with Gasteiger partial charge >= 0.3 is 17.9 Å². The van der Waals surface area contributed by atoms with E-state index in [0.29, 0.717) is 5.56 Å². The molecule has 1 heterocycles. The predicted molar refractivity (Wildman–Crippen MR) is 153 cm³/mol. The van der Waals surface area contributed by atoms with Crippen molar-refractivity contribution in [3.8, 4) is 0 Å². The van der Waals surface area contributed by atoms with Crippen LogP contribution < -0.4 is 21.7 Å². The summed E-state index contributed by atoms with van der Waals surface area (Å²) in [6, 6.07) is 10.1. The molecule has 3 amide bonds. The van der Waals surface area contributed by atoms with Crippen LogP contribution in [-0.4, -0.2) is 80.1 Å². The molecule has 0 bridgehead atoms. The van der Waals surface area contributed by atoms with Gasteiger partial charge in [-0.05, 0) is 30.0 Å². The Balaban J connectivity index is 1.73. The van der Waals surface area contributed by atoms with Gasteiger partial charge in [0.2, 0.25) is 17.7 Å². The maximum absolute atomic E-state index is 13.1. The lowest BCUT2D eigenvalue weighted by atomic mass is 10.0. The molecule has 14 nitrogen and oxygen atoms in total. The third kappa shape index (κ3) is 9.67. The summed E-state index contributed by atoms with van der Waals surface area (Å²) in [6.45, 7) is 0. The summed E-state index contributed by atoms with van der Waals surface area (Å²) in [7, 11) is 0. The fraction of sp³-hybridized carbons (Fsp3) is 0.310. The van der Waals surface area contributed by atoms with Gasteiger partial charge in [0.05, 0.1) is 12.5 Å². The van der Waals surface area contributed by atoms with E-state index in [1.165, 1.54) is 0 Å². The Hall–Kier alpha value is -5.24. The highest BCUT2D eigenvalue weighted by atomic mass is 16.4. The average molecular weight is 596 g/mol. The number of amides is 3. The molecular weight excluding hydrogens is 562 g/mol. The quantitative estimate of drug-likeness (QED) is 0.111. The Bertz CT molecular complexity index is 1470. The molecule has 0 aliphatic rings. The minimum atomic E-state index is -1.74. The van der Waals surface area contributed by atoms with Crippen LogP contribution in [0.2, 0.25) is 0 Å². The van der Waals surface area contributed by atoms with Crippen LogP contribution in [0.25, 0.3) is 10.9 Å². The summed E-state index contributed by atoms with van der Waals surface area (Å²) in [5.41, 5.74) is 8.07. The zero-order valence-corrected chi connectivity index (χ0v) is 23.0. The van der Waals surface area contributed by atoms with Crippen LogP contribution in [0.1, 0.15) is 30.4 Å². The average Bonchev–Trinajstić information content (AvgIpc) is 3.37. The van der Waals surface area contributed by atoms with Gasteiger partial charge in [-0.3, -0.25) is 24.0 Å². The fourth-order valence-corrected chi connectivity index (χ4v) is 4.43. The van der Waals surface area contributed by atoms with Gasteiger partial charge in [0, 0.05) is 29.9 Å².